The number of hydrogen-bond donors (Lipinski definition) is 2. The van der Waals surface area contributed by atoms with Gasteiger partial charge in [-0.05, 0) is 36.1 Å². The summed E-state index contributed by atoms with van der Waals surface area (Å²) < 4.78 is 0. The average molecular weight is 219 g/mol. The Bertz CT molecular complexity index is 302. The minimum Gasteiger partial charge on any atom is -0.271 e. The van der Waals surface area contributed by atoms with E-state index in [2.05, 4.69) is 11.5 Å². The van der Waals surface area contributed by atoms with Crippen molar-refractivity contribution in [2.24, 2.45) is 5.84 Å². The van der Waals surface area contributed by atoms with Crippen LogP contribution in [0.3, 0.4) is 0 Å². The van der Waals surface area contributed by atoms with Gasteiger partial charge in [-0.15, -0.1) is 12.4 Å². The predicted octanol–water partition coefficient (Wildman–Crippen LogP) is 2.21. The van der Waals surface area contributed by atoms with Crippen LogP contribution in [-0.4, -0.2) is 0 Å². The smallest absolute Gasteiger partial charge is 0.0465 e. The van der Waals surface area contributed by atoms with E-state index in [1.54, 1.807) is 0 Å². The molecule has 0 aromatic heterocycles. The number of benzene rings is 1. The van der Waals surface area contributed by atoms with Gasteiger partial charge in [-0.25, -0.2) is 0 Å². The van der Waals surface area contributed by atoms with Gasteiger partial charge < -0.3 is 0 Å². The van der Waals surface area contributed by atoms with Crippen LogP contribution in [-0.2, 0) is 6.42 Å². The van der Waals surface area contributed by atoms with Gasteiger partial charge in [-0.3, -0.25) is 11.3 Å². The molecule has 0 aliphatic heterocycles. The van der Waals surface area contributed by atoms with Crippen molar-refractivity contribution in [1.82, 2.24) is 5.43 Å². The molecule has 1 aromatic rings. The van der Waals surface area contributed by atoms with Crippen LogP contribution < -0.4 is 11.3 Å². The third-order valence-electron chi connectivity index (χ3n) is 2.38. The van der Waals surface area contributed by atoms with Crippen LogP contribution in [0.1, 0.15) is 23.6 Å². The second-order valence-electron chi connectivity index (χ2n) is 3.10. The SMILES string of the molecule is Cl.NNC1CCc2cc(Cl)ccc21. The van der Waals surface area contributed by atoms with E-state index in [1.807, 2.05) is 12.1 Å². The Balaban J connectivity index is 0.000000845. The second kappa shape index (κ2) is 4.29. The van der Waals surface area contributed by atoms with Gasteiger partial charge in [0.05, 0.1) is 0 Å². The number of fused-ring (bicyclic) bond motifs is 1. The van der Waals surface area contributed by atoms with Crippen molar-refractivity contribution in [2.75, 3.05) is 0 Å². The summed E-state index contributed by atoms with van der Waals surface area (Å²) in [5.74, 6) is 5.40. The zero-order valence-corrected chi connectivity index (χ0v) is 8.66. The van der Waals surface area contributed by atoms with Crippen molar-refractivity contribution in [3.8, 4) is 0 Å². The Hall–Kier alpha value is -0.280. The number of halogens is 2. The molecule has 4 heteroatoms. The molecule has 0 heterocycles. The van der Waals surface area contributed by atoms with Crippen molar-refractivity contribution in [3.63, 3.8) is 0 Å². The summed E-state index contributed by atoms with van der Waals surface area (Å²) in [5.41, 5.74) is 5.41. The minimum absolute atomic E-state index is 0. The Morgan fingerprint density at radius 3 is 2.92 bits per heavy atom. The molecule has 0 bridgehead atoms. The van der Waals surface area contributed by atoms with Crippen LogP contribution in [0.5, 0.6) is 0 Å². The van der Waals surface area contributed by atoms with E-state index in [-0.39, 0.29) is 12.4 Å². The van der Waals surface area contributed by atoms with Crippen LogP contribution in [0.2, 0.25) is 5.02 Å². The first kappa shape index (κ1) is 10.8. The van der Waals surface area contributed by atoms with Crippen LogP contribution in [0.25, 0.3) is 0 Å². The highest BCUT2D eigenvalue weighted by Gasteiger charge is 2.20. The Labute approximate surface area is 88.8 Å². The summed E-state index contributed by atoms with van der Waals surface area (Å²) in [6.07, 6.45) is 2.15. The quantitative estimate of drug-likeness (QED) is 0.561. The van der Waals surface area contributed by atoms with Crippen molar-refractivity contribution in [2.45, 2.75) is 18.9 Å². The molecule has 0 fully saturated rings. The van der Waals surface area contributed by atoms with Gasteiger partial charge in [0.15, 0.2) is 0 Å². The van der Waals surface area contributed by atoms with E-state index < -0.39 is 0 Å². The van der Waals surface area contributed by atoms with Crippen molar-refractivity contribution < 1.29 is 0 Å². The molecule has 0 saturated carbocycles. The molecule has 2 rings (SSSR count). The lowest BCUT2D eigenvalue weighted by Crippen LogP contribution is -2.26. The third-order valence-corrected chi connectivity index (χ3v) is 2.62. The average Bonchev–Trinajstić information content (AvgIpc) is 2.46. The van der Waals surface area contributed by atoms with Crippen LogP contribution in [0.15, 0.2) is 18.2 Å². The Morgan fingerprint density at radius 1 is 1.46 bits per heavy atom. The number of nitrogens with two attached hydrogens (primary N) is 1. The molecule has 0 radical (unpaired) electrons. The molecular formula is C9H12Cl2N2. The molecule has 3 N–H and O–H groups in total. The van der Waals surface area contributed by atoms with Gasteiger partial charge in [-0.2, -0.15) is 0 Å². The van der Waals surface area contributed by atoms with Crippen molar-refractivity contribution >= 4 is 24.0 Å². The fourth-order valence-electron chi connectivity index (χ4n) is 1.76. The van der Waals surface area contributed by atoms with E-state index in [4.69, 9.17) is 17.4 Å². The first-order valence-electron chi connectivity index (χ1n) is 4.05. The van der Waals surface area contributed by atoms with Crippen molar-refractivity contribution in [1.29, 1.82) is 0 Å². The fourth-order valence-corrected chi connectivity index (χ4v) is 1.95. The molecule has 1 aromatic carbocycles. The summed E-state index contributed by atoms with van der Waals surface area (Å²) >= 11 is 5.86. The normalized spacial score (nSPS) is 19.4. The second-order valence-corrected chi connectivity index (χ2v) is 3.54. The maximum atomic E-state index is 5.86. The fraction of sp³-hybridized carbons (Fsp3) is 0.333. The Morgan fingerprint density at radius 2 is 2.23 bits per heavy atom. The van der Waals surface area contributed by atoms with Gasteiger partial charge in [-0.1, -0.05) is 17.7 Å². The number of nitrogens with one attached hydrogen (secondary N) is 1. The minimum atomic E-state index is 0. The van der Waals surface area contributed by atoms with Gasteiger partial charge in [0.2, 0.25) is 0 Å². The van der Waals surface area contributed by atoms with E-state index in [0.717, 1.165) is 17.9 Å². The lowest BCUT2D eigenvalue weighted by atomic mass is 10.1. The molecule has 13 heavy (non-hydrogen) atoms. The molecular weight excluding hydrogens is 207 g/mol. The van der Waals surface area contributed by atoms with Crippen LogP contribution in [0, 0.1) is 0 Å². The molecule has 2 nitrogen and oxygen atoms in total. The third kappa shape index (κ3) is 1.97. The number of hydrazine groups is 1. The van der Waals surface area contributed by atoms with E-state index >= 15 is 0 Å². The Kier molecular flexibility index (Phi) is 3.56. The monoisotopic (exact) mass is 218 g/mol. The number of hydrogen-bond acceptors (Lipinski definition) is 2. The highest BCUT2D eigenvalue weighted by molar-refractivity contribution is 6.30. The topological polar surface area (TPSA) is 38.0 Å². The summed E-state index contributed by atoms with van der Waals surface area (Å²) in [7, 11) is 0. The molecule has 1 aliphatic rings. The van der Waals surface area contributed by atoms with E-state index in [1.165, 1.54) is 11.1 Å². The summed E-state index contributed by atoms with van der Waals surface area (Å²) in [6.45, 7) is 0. The van der Waals surface area contributed by atoms with Gasteiger partial charge in [0, 0.05) is 11.1 Å². The lowest BCUT2D eigenvalue weighted by Gasteiger charge is -2.08. The van der Waals surface area contributed by atoms with Crippen LogP contribution >= 0.6 is 24.0 Å². The highest BCUT2D eigenvalue weighted by Crippen LogP contribution is 2.31. The van der Waals surface area contributed by atoms with E-state index in [9.17, 15) is 0 Å². The first-order chi connectivity index (χ1) is 5.81. The number of aryl methyl sites for hydroxylation is 1. The molecule has 0 saturated heterocycles. The van der Waals surface area contributed by atoms with E-state index in [0.29, 0.717) is 6.04 Å². The molecule has 0 spiro atoms. The standard InChI is InChI=1S/C9H11ClN2.ClH/c10-7-2-3-8-6(5-7)1-4-9(8)12-11;/h2-3,5,9,12H,1,4,11H2;1H. The zero-order chi connectivity index (χ0) is 8.55. The summed E-state index contributed by atoms with van der Waals surface area (Å²) in [4.78, 5) is 0. The first-order valence-corrected chi connectivity index (χ1v) is 4.43. The van der Waals surface area contributed by atoms with Gasteiger partial charge in [0.1, 0.15) is 0 Å². The van der Waals surface area contributed by atoms with Gasteiger partial charge >= 0.3 is 0 Å². The molecule has 1 aliphatic carbocycles. The molecule has 0 amide bonds. The van der Waals surface area contributed by atoms with Crippen molar-refractivity contribution in [3.05, 3.63) is 34.3 Å². The summed E-state index contributed by atoms with van der Waals surface area (Å²) in [6, 6.07) is 6.30. The molecule has 1 atom stereocenters. The predicted molar refractivity (Wildman–Crippen MR) is 57.1 cm³/mol. The molecule has 72 valence electrons. The maximum absolute atomic E-state index is 5.86. The largest absolute Gasteiger partial charge is 0.271 e. The van der Waals surface area contributed by atoms with Crippen LogP contribution in [0.4, 0.5) is 0 Å². The summed E-state index contributed by atoms with van der Waals surface area (Å²) in [5, 5.41) is 0.812. The zero-order valence-electron chi connectivity index (χ0n) is 7.09. The maximum Gasteiger partial charge on any atom is 0.0465 e. The number of rotatable bonds is 1. The lowest BCUT2D eigenvalue weighted by molar-refractivity contribution is 0.551. The highest BCUT2D eigenvalue weighted by atomic mass is 35.5. The molecule has 1 unspecified atom stereocenters. The van der Waals surface area contributed by atoms with Gasteiger partial charge in [0.25, 0.3) is 0 Å².